The van der Waals surface area contributed by atoms with Crippen molar-refractivity contribution in [2.24, 2.45) is 5.73 Å². The van der Waals surface area contributed by atoms with Crippen LogP contribution in [-0.2, 0) is 19.6 Å². The van der Waals surface area contributed by atoms with Crippen LogP contribution in [0.15, 0.2) is 24.3 Å². The second-order valence-corrected chi connectivity index (χ2v) is 4.95. The molecule has 1 heterocycles. The van der Waals surface area contributed by atoms with E-state index < -0.39 is 12.7 Å². The van der Waals surface area contributed by atoms with Gasteiger partial charge < -0.3 is 15.2 Å². The van der Waals surface area contributed by atoms with Crippen LogP contribution in [0.4, 0.5) is 13.2 Å². The smallest absolute Gasteiger partial charge is 0.408 e. The van der Waals surface area contributed by atoms with E-state index >= 15 is 0 Å². The molecule has 0 radical (unpaired) electrons. The lowest BCUT2D eigenvalue weighted by Gasteiger charge is -2.08. The lowest BCUT2D eigenvalue weighted by Crippen LogP contribution is -2.21. The van der Waals surface area contributed by atoms with Crippen molar-refractivity contribution in [3.8, 4) is 11.5 Å². The fourth-order valence-electron chi connectivity index (χ4n) is 2.04. The van der Waals surface area contributed by atoms with Gasteiger partial charge >= 0.3 is 6.18 Å². The molecule has 0 bridgehead atoms. The van der Waals surface area contributed by atoms with Gasteiger partial charge in [0.25, 0.3) is 0 Å². The van der Waals surface area contributed by atoms with E-state index in [2.05, 4.69) is 10.1 Å². The minimum atomic E-state index is -4.37. The Kier molecular flexibility index (Phi) is 7.98. The van der Waals surface area contributed by atoms with E-state index in [1.807, 2.05) is 6.92 Å². The highest BCUT2D eigenvalue weighted by Gasteiger charge is 2.30. The maximum atomic E-state index is 12.6. The topological polar surface area (TPSA) is 75.2 Å². The molecule has 10 heteroatoms. The summed E-state index contributed by atoms with van der Waals surface area (Å²) in [7, 11) is 0. The summed E-state index contributed by atoms with van der Waals surface area (Å²) < 4.78 is 49.3. The van der Waals surface area contributed by atoms with E-state index in [4.69, 9.17) is 15.2 Å². The van der Waals surface area contributed by atoms with E-state index in [1.54, 1.807) is 24.3 Å². The molecule has 2 rings (SSSR count). The number of hydrogen-bond acceptors (Lipinski definition) is 5. The van der Waals surface area contributed by atoms with Gasteiger partial charge in [-0.2, -0.15) is 18.3 Å². The Bertz CT molecular complexity index is 647. The van der Waals surface area contributed by atoms with E-state index in [-0.39, 0.29) is 43.6 Å². The molecule has 0 aliphatic rings. The van der Waals surface area contributed by atoms with Crippen LogP contribution in [0.3, 0.4) is 0 Å². The predicted octanol–water partition coefficient (Wildman–Crippen LogP) is 2.74. The van der Waals surface area contributed by atoms with Gasteiger partial charge in [-0.15, -0.1) is 12.4 Å². The van der Waals surface area contributed by atoms with Crippen LogP contribution in [0, 0.1) is 0 Å². The Balaban J connectivity index is 0.00000312. The average molecular weight is 381 g/mol. The molecule has 0 spiro atoms. The maximum Gasteiger partial charge on any atom is 0.408 e. The highest BCUT2D eigenvalue weighted by Crippen LogP contribution is 2.20. The molecule has 25 heavy (non-hydrogen) atoms. The number of rotatable bonds is 8. The van der Waals surface area contributed by atoms with Crippen LogP contribution in [0.2, 0.25) is 0 Å². The minimum Gasteiger partial charge on any atom is -0.494 e. The molecule has 140 valence electrons. The summed E-state index contributed by atoms with van der Waals surface area (Å²) >= 11 is 0. The highest BCUT2D eigenvalue weighted by molar-refractivity contribution is 5.85. The molecule has 1 aromatic heterocycles. The van der Waals surface area contributed by atoms with Crippen LogP contribution >= 0.6 is 12.4 Å². The van der Waals surface area contributed by atoms with Crippen molar-refractivity contribution in [3.63, 3.8) is 0 Å². The first-order valence-electron chi connectivity index (χ1n) is 7.46. The number of alkyl halides is 3. The predicted molar refractivity (Wildman–Crippen MR) is 88.0 cm³/mol. The molecule has 0 amide bonds. The third-order valence-corrected chi connectivity index (χ3v) is 2.99. The van der Waals surface area contributed by atoms with Gasteiger partial charge in [0, 0.05) is 6.42 Å². The van der Waals surface area contributed by atoms with Crippen molar-refractivity contribution < 1.29 is 22.6 Å². The Morgan fingerprint density at radius 3 is 2.24 bits per heavy atom. The Morgan fingerprint density at radius 2 is 1.72 bits per heavy atom. The Labute approximate surface area is 149 Å². The number of nitrogens with zero attached hydrogens (tertiary/aromatic N) is 3. The largest absolute Gasteiger partial charge is 0.494 e. The molecule has 0 unspecified atom stereocenters. The van der Waals surface area contributed by atoms with Crippen molar-refractivity contribution in [2.75, 3.05) is 13.2 Å². The first-order valence-corrected chi connectivity index (χ1v) is 7.46. The summed E-state index contributed by atoms with van der Waals surface area (Å²) in [5.74, 6) is 1.63. The summed E-state index contributed by atoms with van der Waals surface area (Å²) in [6.45, 7) is 1.40. The molecule has 0 saturated heterocycles. The monoisotopic (exact) mass is 380 g/mol. The standard InChI is InChI=1S/C15H19F3N4O2.ClH/c1-2-23-11-3-5-12(6-4-11)24-9-13-20-14(7-8-19)22(21-13)10-15(16,17)18;/h3-6H,2,7-10,19H2,1H3;1H. The molecule has 2 aromatic rings. The minimum absolute atomic E-state index is 0. The second-order valence-electron chi connectivity index (χ2n) is 4.95. The van der Waals surface area contributed by atoms with Crippen LogP contribution in [-0.4, -0.2) is 34.1 Å². The summed E-state index contributed by atoms with van der Waals surface area (Å²) in [6.07, 6.45) is -4.16. The van der Waals surface area contributed by atoms with Crippen LogP contribution in [0.1, 0.15) is 18.6 Å². The summed E-state index contributed by atoms with van der Waals surface area (Å²) in [5, 5.41) is 3.86. The molecule has 1 aromatic carbocycles. The molecule has 0 fully saturated rings. The Morgan fingerprint density at radius 1 is 1.12 bits per heavy atom. The van der Waals surface area contributed by atoms with E-state index in [0.717, 1.165) is 4.68 Å². The van der Waals surface area contributed by atoms with Crippen LogP contribution < -0.4 is 15.2 Å². The van der Waals surface area contributed by atoms with Gasteiger partial charge in [0.15, 0.2) is 5.82 Å². The SMILES string of the molecule is CCOc1ccc(OCc2nc(CCN)n(CC(F)(F)F)n2)cc1.Cl. The van der Waals surface area contributed by atoms with Gasteiger partial charge in [-0.25, -0.2) is 9.67 Å². The van der Waals surface area contributed by atoms with E-state index in [1.165, 1.54) is 0 Å². The highest BCUT2D eigenvalue weighted by atomic mass is 35.5. The number of ether oxygens (including phenoxy) is 2. The zero-order valence-corrected chi connectivity index (χ0v) is 14.4. The van der Waals surface area contributed by atoms with Gasteiger partial charge in [0.2, 0.25) is 0 Å². The second kappa shape index (κ2) is 9.47. The zero-order chi connectivity index (χ0) is 17.6. The van der Waals surface area contributed by atoms with E-state index in [0.29, 0.717) is 18.1 Å². The van der Waals surface area contributed by atoms with Gasteiger partial charge in [-0.1, -0.05) is 0 Å². The molecule has 0 saturated carbocycles. The lowest BCUT2D eigenvalue weighted by atomic mass is 10.3. The maximum absolute atomic E-state index is 12.6. The first-order chi connectivity index (χ1) is 11.4. The van der Waals surface area contributed by atoms with Crippen molar-refractivity contribution >= 4 is 12.4 Å². The number of benzene rings is 1. The third kappa shape index (κ3) is 6.79. The zero-order valence-electron chi connectivity index (χ0n) is 13.6. The average Bonchev–Trinajstić information content (AvgIpc) is 2.87. The molecule has 2 N–H and O–H groups in total. The number of aromatic nitrogens is 3. The summed E-state index contributed by atoms with van der Waals surface area (Å²) in [6, 6.07) is 6.90. The third-order valence-electron chi connectivity index (χ3n) is 2.99. The number of halogens is 4. The lowest BCUT2D eigenvalue weighted by molar-refractivity contribution is -0.143. The van der Waals surface area contributed by atoms with Gasteiger partial charge in [0.1, 0.15) is 30.5 Å². The molecule has 0 atom stereocenters. The molecule has 0 aliphatic heterocycles. The molecule has 0 aliphatic carbocycles. The normalized spacial score (nSPS) is 11.1. The molecular formula is C15H20ClF3N4O2. The van der Waals surface area contributed by atoms with E-state index in [9.17, 15) is 13.2 Å². The van der Waals surface area contributed by atoms with Crippen molar-refractivity contribution in [2.45, 2.75) is 32.7 Å². The van der Waals surface area contributed by atoms with Crippen LogP contribution in [0.25, 0.3) is 0 Å². The van der Waals surface area contributed by atoms with Gasteiger partial charge in [0.05, 0.1) is 6.61 Å². The first kappa shape index (κ1) is 21.0. The molecule has 6 nitrogen and oxygen atoms in total. The number of nitrogens with two attached hydrogens (primary N) is 1. The summed E-state index contributed by atoms with van der Waals surface area (Å²) in [5.41, 5.74) is 5.40. The summed E-state index contributed by atoms with van der Waals surface area (Å²) in [4.78, 5) is 4.07. The molecular weight excluding hydrogens is 361 g/mol. The van der Waals surface area contributed by atoms with Gasteiger partial charge in [-0.3, -0.25) is 0 Å². The fourth-order valence-corrected chi connectivity index (χ4v) is 2.04. The quantitative estimate of drug-likeness (QED) is 0.762. The Hall–Kier alpha value is -2.00. The van der Waals surface area contributed by atoms with Crippen molar-refractivity contribution in [1.82, 2.24) is 14.8 Å². The number of hydrogen-bond donors (Lipinski definition) is 1. The van der Waals surface area contributed by atoms with Crippen molar-refractivity contribution in [1.29, 1.82) is 0 Å². The fraction of sp³-hybridized carbons (Fsp3) is 0.467. The van der Waals surface area contributed by atoms with Crippen LogP contribution in [0.5, 0.6) is 11.5 Å². The van der Waals surface area contributed by atoms with Crippen molar-refractivity contribution in [3.05, 3.63) is 35.9 Å². The van der Waals surface area contributed by atoms with Gasteiger partial charge in [-0.05, 0) is 37.7 Å².